The molecular weight excluding hydrogens is 216 g/mol. The molecule has 0 spiro atoms. The number of aryl methyl sites for hydroxylation is 2. The van der Waals surface area contributed by atoms with E-state index in [1.807, 2.05) is 30.4 Å². The standard InChI is InChI=1S/C10H17ClN2S/c1-8(5-11)6-14-7-10-4-9(2)12-13(10)3/h4,8H,5-7H2,1-3H3. The molecule has 0 radical (unpaired) electrons. The van der Waals surface area contributed by atoms with Gasteiger partial charge in [-0.25, -0.2) is 0 Å². The zero-order valence-corrected chi connectivity index (χ0v) is 10.5. The van der Waals surface area contributed by atoms with Crippen molar-refractivity contribution in [3.63, 3.8) is 0 Å². The van der Waals surface area contributed by atoms with Crippen LogP contribution < -0.4 is 0 Å². The average molecular weight is 233 g/mol. The van der Waals surface area contributed by atoms with Crippen LogP contribution in [0, 0.1) is 12.8 Å². The minimum Gasteiger partial charge on any atom is -0.272 e. The molecule has 1 aromatic rings. The maximum atomic E-state index is 5.74. The Bertz CT molecular complexity index is 286. The summed E-state index contributed by atoms with van der Waals surface area (Å²) in [5.74, 6) is 3.49. The first-order chi connectivity index (χ1) is 6.63. The fourth-order valence-electron chi connectivity index (χ4n) is 1.21. The third-order valence-corrected chi connectivity index (χ3v) is 3.85. The molecule has 0 aliphatic heterocycles. The Hall–Kier alpha value is -0.150. The molecule has 1 unspecified atom stereocenters. The van der Waals surface area contributed by atoms with Gasteiger partial charge in [-0.2, -0.15) is 16.9 Å². The van der Waals surface area contributed by atoms with Gasteiger partial charge in [-0.05, 0) is 24.7 Å². The van der Waals surface area contributed by atoms with Crippen molar-refractivity contribution in [2.45, 2.75) is 19.6 Å². The summed E-state index contributed by atoms with van der Waals surface area (Å²) in [4.78, 5) is 0. The summed E-state index contributed by atoms with van der Waals surface area (Å²) in [6.07, 6.45) is 0. The van der Waals surface area contributed by atoms with E-state index in [1.165, 1.54) is 5.69 Å². The first-order valence-corrected chi connectivity index (χ1v) is 6.45. The lowest BCUT2D eigenvalue weighted by atomic mass is 10.3. The molecule has 0 N–H and O–H groups in total. The number of halogens is 1. The fraction of sp³-hybridized carbons (Fsp3) is 0.700. The number of thioether (sulfide) groups is 1. The number of nitrogens with zero attached hydrogens (tertiary/aromatic N) is 2. The molecule has 0 aliphatic rings. The third-order valence-electron chi connectivity index (χ3n) is 2.01. The molecular formula is C10H17ClN2S. The normalized spacial score (nSPS) is 13.1. The molecule has 0 aromatic carbocycles. The van der Waals surface area contributed by atoms with E-state index in [4.69, 9.17) is 11.6 Å². The van der Waals surface area contributed by atoms with Gasteiger partial charge in [-0.15, -0.1) is 11.6 Å². The van der Waals surface area contributed by atoms with E-state index >= 15 is 0 Å². The molecule has 80 valence electrons. The monoisotopic (exact) mass is 232 g/mol. The predicted octanol–water partition coefficient (Wildman–Crippen LogP) is 2.84. The highest BCUT2D eigenvalue weighted by atomic mass is 35.5. The number of hydrogen-bond acceptors (Lipinski definition) is 2. The second kappa shape index (κ2) is 5.66. The Balaban J connectivity index is 2.34. The average Bonchev–Trinajstić information content (AvgIpc) is 2.45. The van der Waals surface area contributed by atoms with Crippen LogP contribution in [0.1, 0.15) is 18.3 Å². The van der Waals surface area contributed by atoms with Gasteiger partial charge in [0.25, 0.3) is 0 Å². The predicted molar refractivity (Wildman–Crippen MR) is 64.0 cm³/mol. The lowest BCUT2D eigenvalue weighted by Gasteiger charge is -2.06. The molecule has 1 atom stereocenters. The molecule has 2 nitrogen and oxygen atoms in total. The summed E-state index contributed by atoms with van der Waals surface area (Å²) in [6, 6.07) is 2.14. The highest BCUT2D eigenvalue weighted by Crippen LogP contribution is 2.16. The third kappa shape index (κ3) is 3.54. The quantitative estimate of drug-likeness (QED) is 0.727. The van der Waals surface area contributed by atoms with Crippen molar-refractivity contribution in [2.75, 3.05) is 11.6 Å². The van der Waals surface area contributed by atoms with Gasteiger partial charge in [0.15, 0.2) is 0 Å². The van der Waals surface area contributed by atoms with E-state index in [0.717, 1.165) is 23.1 Å². The molecule has 14 heavy (non-hydrogen) atoms. The van der Waals surface area contributed by atoms with Crippen LogP contribution >= 0.6 is 23.4 Å². The van der Waals surface area contributed by atoms with Crippen molar-refractivity contribution in [3.05, 3.63) is 17.5 Å². The first kappa shape index (κ1) is 11.9. The van der Waals surface area contributed by atoms with E-state index in [2.05, 4.69) is 18.1 Å². The topological polar surface area (TPSA) is 17.8 Å². The molecule has 1 heterocycles. The summed E-state index contributed by atoms with van der Waals surface area (Å²) < 4.78 is 1.95. The minimum absolute atomic E-state index is 0.594. The highest BCUT2D eigenvalue weighted by Gasteiger charge is 2.04. The van der Waals surface area contributed by atoms with E-state index in [0.29, 0.717) is 5.92 Å². The van der Waals surface area contributed by atoms with Gasteiger partial charge in [-0.3, -0.25) is 4.68 Å². The Labute approximate surface area is 95.0 Å². The molecule has 1 aromatic heterocycles. The molecule has 0 bridgehead atoms. The minimum atomic E-state index is 0.594. The van der Waals surface area contributed by atoms with Gasteiger partial charge >= 0.3 is 0 Å². The molecule has 0 fully saturated rings. The van der Waals surface area contributed by atoms with Crippen LogP contribution in [-0.2, 0) is 12.8 Å². The molecule has 0 aliphatic carbocycles. The first-order valence-electron chi connectivity index (χ1n) is 4.76. The Kier molecular flexibility index (Phi) is 4.82. The highest BCUT2D eigenvalue weighted by molar-refractivity contribution is 7.98. The van der Waals surface area contributed by atoms with E-state index in [-0.39, 0.29) is 0 Å². The number of hydrogen-bond donors (Lipinski definition) is 0. The van der Waals surface area contributed by atoms with Crippen molar-refractivity contribution >= 4 is 23.4 Å². The van der Waals surface area contributed by atoms with Gasteiger partial charge in [-0.1, -0.05) is 6.92 Å². The van der Waals surface area contributed by atoms with E-state index in [1.54, 1.807) is 0 Å². The second-order valence-corrected chi connectivity index (χ2v) is 5.01. The Morgan fingerprint density at radius 1 is 1.64 bits per heavy atom. The summed E-state index contributed by atoms with van der Waals surface area (Å²) in [7, 11) is 1.99. The molecule has 0 saturated heterocycles. The summed E-state index contributed by atoms with van der Waals surface area (Å²) in [5.41, 5.74) is 2.38. The number of alkyl halides is 1. The van der Waals surface area contributed by atoms with Crippen LogP contribution in [0.25, 0.3) is 0 Å². The summed E-state index contributed by atoms with van der Waals surface area (Å²) in [6.45, 7) is 4.20. The largest absolute Gasteiger partial charge is 0.272 e. The maximum Gasteiger partial charge on any atom is 0.0596 e. The molecule has 0 amide bonds. The lowest BCUT2D eigenvalue weighted by molar-refractivity contribution is 0.725. The van der Waals surface area contributed by atoms with Crippen LogP contribution in [0.2, 0.25) is 0 Å². The van der Waals surface area contributed by atoms with E-state index in [9.17, 15) is 0 Å². The number of rotatable bonds is 5. The summed E-state index contributed by atoms with van der Waals surface area (Å²) in [5, 5.41) is 4.31. The van der Waals surface area contributed by atoms with Crippen LogP contribution in [0.4, 0.5) is 0 Å². The second-order valence-electron chi connectivity index (χ2n) is 3.68. The fourth-order valence-corrected chi connectivity index (χ4v) is 2.56. The van der Waals surface area contributed by atoms with Gasteiger partial charge in [0.1, 0.15) is 0 Å². The summed E-state index contributed by atoms with van der Waals surface area (Å²) >= 11 is 7.66. The Morgan fingerprint density at radius 2 is 2.36 bits per heavy atom. The SMILES string of the molecule is Cc1cc(CSCC(C)CCl)n(C)n1. The molecule has 4 heteroatoms. The molecule has 0 saturated carbocycles. The van der Waals surface area contributed by atoms with Gasteiger partial charge in [0.2, 0.25) is 0 Å². The smallest absolute Gasteiger partial charge is 0.0596 e. The van der Waals surface area contributed by atoms with E-state index < -0.39 is 0 Å². The van der Waals surface area contributed by atoms with Crippen LogP contribution in [0.15, 0.2) is 6.07 Å². The van der Waals surface area contributed by atoms with Gasteiger partial charge in [0.05, 0.1) is 5.69 Å². The van der Waals surface area contributed by atoms with Crippen LogP contribution in [0.3, 0.4) is 0 Å². The lowest BCUT2D eigenvalue weighted by Crippen LogP contribution is -2.01. The van der Waals surface area contributed by atoms with Gasteiger partial charge in [0, 0.05) is 24.4 Å². The number of aromatic nitrogens is 2. The zero-order chi connectivity index (χ0) is 10.6. The van der Waals surface area contributed by atoms with Crippen molar-refractivity contribution in [1.29, 1.82) is 0 Å². The van der Waals surface area contributed by atoms with Crippen LogP contribution in [0.5, 0.6) is 0 Å². The molecule has 1 rings (SSSR count). The Morgan fingerprint density at radius 3 is 2.86 bits per heavy atom. The van der Waals surface area contributed by atoms with Crippen molar-refractivity contribution in [2.24, 2.45) is 13.0 Å². The van der Waals surface area contributed by atoms with Crippen molar-refractivity contribution in [1.82, 2.24) is 9.78 Å². The van der Waals surface area contributed by atoms with Crippen molar-refractivity contribution < 1.29 is 0 Å². The maximum absolute atomic E-state index is 5.74. The van der Waals surface area contributed by atoms with Gasteiger partial charge < -0.3 is 0 Å². The van der Waals surface area contributed by atoms with Crippen molar-refractivity contribution in [3.8, 4) is 0 Å². The zero-order valence-electron chi connectivity index (χ0n) is 8.96. The van der Waals surface area contributed by atoms with Crippen LogP contribution in [-0.4, -0.2) is 21.4 Å².